The van der Waals surface area contributed by atoms with Crippen molar-refractivity contribution in [2.75, 3.05) is 13.7 Å². The van der Waals surface area contributed by atoms with Crippen molar-refractivity contribution in [1.82, 2.24) is 10.3 Å². The van der Waals surface area contributed by atoms with Crippen LogP contribution in [-0.4, -0.2) is 30.6 Å². The highest BCUT2D eigenvalue weighted by Crippen LogP contribution is 2.07. The first-order chi connectivity index (χ1) is 7.13. The van der Waals surface area contributed by atoms with Crippen LogP contribution in [-0.2, 0) is 4.74 Å². The minimum Gasteiger partial charge on any atom is -0.383 e. The molecule has 1 aromatic rings. The Morgan fingerprint density at radius 1 is 1.73 bits per heavy atom. The van der Waals surface area contributed by atoms with Crippen LogP contribution in [0.15, 0.2) is 18.3 Å². The predicted octanol–water partition coefficient (Wildman–Crippen LogP) is 1.50. The van der Waals surface area contributed by atoms with Gasteiger partial charge in [0.25, 0.3) is 5.91 Å². The van der Waals surface area contributed by atoms with E-state index in [-0.39, 0.29) is 11.9 Å². The summed E-state index contributed by atoms with van der Waals surface area (Å²) in [6.07, 6.45) is 1.50. The van der Waals surface area contributed by atoms with E-state index in [1.165, 1.54) is 12.3 Å². The molecule has 15 heavy (non-hydrogen) atoms. The summed E-state index contributed by atoms with van der Waals surface area (Å²) in [6.45, 7) is 2.32. The molecule has 0 aliphatic rings. The van der Waals surface area contributed by atoms with Gasteiger partial charge in [0, 0.05) is 24.4 Å². The number of nitrogens with one attached hydrogen (secondary N) is 1. The molecule has 0 bridgehead atoms. The topological polar surface area (TPSA) is 51.2 Å². The highest BCUT2D eigenvalue weighted by atomic mass is 35.5. The fraction of sp³-hybridized carbons (Fsp3) is 0.400. The monoisotopic (exact) mass is 228 g/mol. The lowest BCUT2D eigenvalue weighted by Crippen LogP contribution is -2.36. The molecular weight excluding hydrogens is 216 g/mol. The quantitative estimate of drug-likeness (QED) is 0.850. The molecule has 1 atom stereocenters. The van der Waals surface area contributed by atoms with Gasteiger partial charge in [-0.1, -0.05) is 11.6 Å². The van der Waals surface area contributed by atoms with Gasteiger partial charge in [-0.05, 0) is 19.1 Å². The largest absolute Gasteiger partial charge is 0.383 e. The molecular formula is C10H13ClN2O2. The minimum absolute atomic E-state index is 0.0525. The molecule has 5 heteroatoms. The standard InChI is InChI=1S/C10H13ClN2O2/c1-7(6-15-2)13-10(14)9-5-8(11)3-4-12-9/h3-5,7H,6H2,1-2H3,(H,13,14). The first kappa shape index (κ1) is 11.9. The molecule has 1 N–H and O–H groups in total. The second-order valence-corrected chi connectivity index (χ2v) is 3.63. The van der Waals surface area contributed by atoms with Gasteiger partial charge in [-0.15, -0.1) is 0 Å². The molecule has 0 saturated carbocycles. The zero-order valence-corrected chi connectivity index (χ0v) is 9.41. The van der Waals surface area contributed by atoms with Crippen LogP contribution in [0.3, 0.4) is 0 Å². The third-order valence-electron chi connectivity index (χ3n) is 1.75. The van der Waals surface area contributed by atoms with Gasteiger partial charge < -0.3 is 10.1 Å². The molecule has 0 spiro atoms. The van der Waals surface area contributed by atoms with Crippen LogP contribution >= 0.6 is 11.6 Å². The lowest BCUT2D eigenvalue weighted by molar-refractivity contribution is 0.0900. The van der Waals surface area contributed by atoms with Crippen LogP contribution in [0, 0.1) is 0 Å². The fourth-order valence-electron chi connectivity index (χ4n) is 1.12. The van der Waals surface area contributed by atoms with Gasteiger partial charge in [0.05, 0.1) is 6.61 Å². The highest BCUT2D eigenvalue weighted by Gasteiger charge is 2.10. The number of nitrogens with zero attached hydrogens (tertiary/aromatic N) is 1. The maximum absolute atomic E-state index is 11.6. The Bertz CT molecular complexity index is 344. The average Bonchev–Trinajstić information content (AvgIpc) is 2.18. The Kier molecular flexibility index (Phi) is 4.52. The first-order valence-electron chi connectivity index (χ1n) is 4.55. The number of methoxy groups -OCH3 is 1. The van der Waals surface area contributed by atoms with E-state index < -0.39 is 0 Å². The molecule has 0 aromatic carbocycles. The molecule has 1 heterocycles. The number of ether oxygens (including phenoxy) is 1. The number of aromatic nitrogens is 1. The Hall–Kier alpha value is -1.13. The maximum atomic E-state index is 11.6. The van der Waals surface area contributed by atoms with Crippen molar-refractivity contribution in [3.63, 3.8) is 0 Å². The Morgan fingerprint density at radius 3 is 3.07 bits per heavy atom. The van der Waals surface area contributed by atoms with E-state index in [0.29, 0.717) is 17.3 Å². The number of amides is 1. The molecule has 0 fully saturated rings. The lowest BCUT2D eigenvalue weighted by Gasteiger charge is -2.12. The van der Waals surface area contributed by atoms with Crippen LogP contribution in [0.25, 0.3) is 0 Å². The van der Waals surface area contributed by atoms with Gasteiger partial charge >= 0.3 is 0 Å². The molecule has 0 aliphatic heterocycles. The zero-order chi connectivity index (χ0) is 11.3. The van der Waals surface area contributed by atoms with E-state index in [2.05, 4.69) is 10.3 Å². The van der Waals surface area contributed by atoms with Crippen molar-refractivity contribution in [2.24, 2.45) is 0 Å². The van der Waals surface area contributed by atoms with Crippen LogP contribution in [0.2, 0.25) is 5.02 Å². The van der Waals surface area contributed by atoms with Crippen LogP contribution in [0.4, 0.5) is 0 Å². The van der Waals surface area contributed by atoms with Crippen molar-refractivity contribution >= 4 is 17.5 Å². The zero-order valence-electron chi connectivity index (χ0n) is 8.66. The number of carbonyl (C=O) groups excluding carboxylic acids is 1. The van der Waals surface area contributed by atoms with E-state index in [1.807, 2.05) is 6.92 Å². The van der Waals surface area contributed by atoms with E-state index in [9.17, 15) is 4.79 Å². The summed E-state index contributed by atoms with van der Waals surface area (Å²) in [5.41, 5.74) is 0.311. The first-order valence-corrected chi connectivity index (χ1v) is 4.92. The van der Waals surface area contributed by atoms with E-state index in [0.717, 1.165) is 0 Å². The smallest absolute Gasteiger partial charge is 0.270 e. The normalized spacial score (nSPS) is 12.2. The van der Waals surface area contributed by atoms with Gasteiger partial charge in [-0.25, -0.2) is 0 Å². The van der Waals surface area contributed by atoms with E-state index in [1.54, 1.807) is 13.2 Å². The number of pyridine rings is 1. The second-order valence-electron chi connectivity index (χ2n) is 3.19. The van der Waals surface area contributed by atoms with Crippen molar-refractivity contribution in [3.8, 4) is 0 Å². The molecule has 4 nitrogen and oxygen atoms in total. The van der Waals surface area contributed by atoms with Crippen molar-refractivity contribution in [3.05, 3.63) is 29.0 Å². The Morgan fingerprint density at radius 2 is 2.47 bits per heavy atom. The summed E-state index contributed by atoms with van der Waals surface area (Å²) in [4.78, 5) is 15.5. The molecule has 1 amide bonds. The minimum atomic E-state index is -0.248. The summed E-state index contributed by atoms with van der Waals surface area (Å²) in [5.74, 6) is -0.248. The van der Waals surface area contributed by atoms with Gasteiger partial charge in [0.2, 0.25) is 0 Å². The van der Waals surface area contributed by atoms with E-state index in [4.69, 9.17) is 16.3 Å². The Labute approximate surface area is 93.6 Å². The molecule has 0 radical (unpaired) electrons. The SMILES string of the molecule is COCC(C)NC(=O)c1cc(Cl)ccn1. The number of rotatable bonds is 4. The van der Waals surface area contributed by atoms with Gasteiger partial charge in [0.1, 0.15) is 5.69 Å². The highest BCUT2D eigenvalue weighted by molar-refractivity contribution is 6.30. The number of hydrogen-bond acceptors (Lipinski definition) is 3. The number of carbonyl (C=O) groups is 1. The van der Waals surface area contributed by atoms with Crippen molar-refractivity contribution in [1.29, 1.82) is 0 Å². The van der Waals surface area contributed by atoms with E-state index >= 15 is 0 Å². The number of hydrogen-bond donors (Lipinski definition) is 1. The van der Waals surface area contributed by atoms with Gasteiger partial charge in [-0.3, -0.25) is 9.78 Å². The average molecular weight is 229 g/mol. The predicted molar refractivity (Wildman–Crippen MR) is 58.1 cm³/mol. The molecule has 1 unspecified atom stereocenters. The van der Waals surface area contributed by atoms with Crippen molar-refractivity contribution in [2.45, 2.75) is 13.0 Å². The second kappa shape index (κ2) is 5.68. The molecule has 0 aliphatic carbocycles. The maximum Gasteiger partial charge on any atom is 0.270 e. The molecule has 1 rings (SSSR count). The fourth-order valence-corrected chi connectivity index (χ4v) is 1.28. The lowest BCUT2D eigenvalue weighted by atomic mass is 10.3. The molecule has 0 saturated heterocycles. The Balaban J connectivity index is 2.61. The van der Waals surface area contributed by atoms with Crippen LogP contribution < -0.4 is 5.32 Å². The van der Waals surface area contributed by atoms with Crippen LogP contribution in [0.5, 0.6) is 0 Å². The number of halogens is 1. The van der Waals surface area contributed by atoms with Gasteiger partial charge in [0.15, 0.2) is 0 Å². The summed E-state index contributed by atoms with van der Waals surface area (Å²) in [7, 11) is 1.58. The van der Waals surface area contributed by atoms with Crippen molar-refractivity contribution < 1.29 is 9.53 Å². The third kappa shape index (κ3) is 3.85. The van der Waals surface area contributed by atoms with Crippen LogP contribution in [0.1, 0.15) is 17.4 Å². The summed E-state index contributed by atoms with van der Waals surface area (Å²) < 4.78 is 4.90. The molecule has 82 valence electrons. The third-order valence-corrected chi connectivity index (χ3v) is 1.98. The summed E-state index contributed by atoms with van der Waals surface area (Å²) >= 11 is 5.74. The molecule has 1 aromatic heterocycles. The van der Waals surface area contributed by atoms with Gasteiger partial charge in [-0.2, -0.15) is 0 Å². The summed E-state index contributed by atoms with van der Waals surface area (Å²) in [5, 5.41) is 3.23. The summed E-state index contributed by atoms with van der Waals surface area (Å²) in [6, 6.07) is 3.09.